The average Bonchev–Trinajstić information content (AvgIpc) is 3.57. The molecule has 4 atom stereocenters. The van der Waals surface area contributed by atoms with Gasteiger partial charge in [-0.25, -0.2) is 0 Å². The van der Waals surface area contributed by atoms with Crippen LogP contribution in [0.1, 0.15) is 189 Å². The number of likely N-dealkylation sites (tertiary alicyclic amines) is 1. The van der Waals surface area contributed by atoms with Gasteiger partial charge >= 0.3 is 29.8 Å². The number of amides is 1. The largest absolute Gasteiger partial charge is 0.466 e. The molecule has 0 saturated carbocycles. The van der Waals surface area contributed by atoms with Crippen LogP contribution in [0.3, 0.4) is 0 Å². The summed E-state index contributed by atoms with van der Waals surface area (Å²) in [4.78, 5) is 77.1. The van der Waals surface area contributed by atoms with Crippen LogP contribution >= 0.6 is 0 Å². The van der Waals surface area contributed by atoms with Crippen molar-refractivity contribution in [3.05, 3.63) is 0 Å². The maximum absolute atomic E-state index is 13.2. The molecule has 1 aliphatic rings. The van der Waals surface area contributed by atoms with Crippen LogP contribution in [0.5, 0.6) is 0 Å². The molecular formula is C44H77NO11. The summed E-state index contributed by atoms with van der Waals surface area (Å²) in [5.41, 5.74) is 0. The first kappa shape index (κ1) is 50.8. The minimum absolute atomic E-state index is 0.0569. The molecule has 324 valence electrons. The molecule has 12 nitrogen and oxygen atoms in total. The summed E-state index contributed by atoms with van der Waals surface area (Å²) in [6.07, 6.45) is 19.2. The summed E-state index contributed by atoms with van der Waals surface area (Å²) in [5, 5.41) is 0. The number of unbranched alkanes of at least 4 members (excludes halogenated alkanes) is 15. The minimum Gasteiger partial charge on any atom is -0.466 e. The summed E-state index contributed by atoms with van der Waals surface area (Å²) in [6, 6.07) is -0.476. The van der Waals surface area contributed by atoms with Crippen LogP contribution < -0.4 is 0 Å². The molecule has 0 N–H and O–H groups in total. The molecular weight excluding hydrogens is 718 g/mol. The van der Waals surface area contributed by atoms with Gasteiger partial charge in [0, 0.05) is 38.0 Å². The number of hydrogen-bond acceptors (Lipinski definition) is 11. The van der Waals surface area contributed by atoms with Gasteiger partial charge in [-0.05, 0) is 19.3 Å². The van der Waals surface area contributed by atoms with Crippen LogP contribution in [0.25, 0.3) is 0 Å². The van der Waals surface area contributed by atoms with E-state index in [0.717, 1.165) is 83.5 Å². The van der Waals surface area contributed by atoms with Crippen molar-refractivity contribution in [3.63, 3.8) is 0 Å². The fraction of sp³-hybridized carbons (Fsp3) is 0.864. The quantitative estimate of drug-likeness (QED) is 0.0349. The van der Waals surface area contributed by atoms with E-state index in [1.165, 1.54) is 43.9 Å². The Morgan fingerprint density at radius 1 is 0.554 bits per heavy atom. The molecule has 1 saturated heterocycles. The second-order valence-electron chi connectivity index (χ2n) is 15.8. The minimum atomic E-state index is -0.629. The van der Waals surface area contributed by atoms with Gasteiger partial charge in [0.25, 0.3) is 0 Å². The zero-order chi connectivity index (χ0) is 41.4. The number of esters is 5. The van der Waals surface area contributed by atoms with Crippen LogP contribution in [-0.2, 0) is 52.5 Å². The van der Waals surface area contributed by atoms with Crippen molar-refractivity contribution in [1.29, 1.82) is 0 Å². The van der Waals surface area contributed by atoms with Gasteiger partial charge in [0.05, 0.1) is 51.7 Å². The average molecular weight is 796 g/mol. The Bertz CT molecular complexity index is 1110. The van der Waals surface area contributed by atoms with Crippen LogP contribution in [0.15, 0.2) is 0 Å². The van der Waals surface area contributed by atoms with Gasteiger partial charge in [0.15, 0.2) is 0 Å². The zero-order valence-corrected chi connectivity index (χ0v) is 35.8. The molecule has 1 amide bonds. The van der Waals surface area contributed by atoms with Gasteiger partial charge in [-0.15, -0.1) is 0 Å². The fourth-order valence-electron chi connectivity index (χ4n) is 6.81. The molecule has 0 aliphatic carbocycles. The van der Waals surface area contributed by atoms with Gasteiger partial charge in [0.1, 0.15) is 12.7 Å². The number of ether oxygens (including phenoxy) is 5. The van der Waals surface area contributed by atoms with Crippen LogP contribution in [0.2, 0.25) is 0 Å². The van der Waals surface area contributed by atoms with E-state index >= 15 is 0 Å². The molecule has 1 fully saturated rings. The first-order valence-corrected chi connectivity index (χ1v) is 22.1. The predicted octanol–water partition coefficient (Wildman–Crippen LogP) is 8.98. The highest BCUT2D eigenvalue weighted by molar-refractivity contribution is 5.75. The number of nitrogens with zero attached hydrogens (tertiary/aromatic N) is 1. The lowest BCUT2D eigenvalue weighted by Gasteiger charge is -2.22. The van der Waals surface area contributed by atoms with E-state index < -0.39 is 36.0 Å². The van der Waals surface area contributed by atoms with E-state index in [1.807, 2.05) is 6.92 Å². The highest BCUT2D eigenvalue weighted by Gasteiger charge is 2.37. The Labute approximate surface area is 338 Å². The Balaban J connectivity index is 2.60. The molecule has 0 aromatic rings. The van der Waals surface area contributed by atoms with Crippen molar-refractivity contribution >= 4 is 35.8 Å². The molecule has 0 aromatic heterocycles. The van der Waals surface area contributed by atoms with E-state index in [2.05, 4.69) is 20.8 Å². The fourth-order valence-corrected chi connectivity index (χ4v) is 6.81. The van der Waals surface area contributed by atoms with E-state index in [4.69, 9.17) is 23.7 Å². The molecule has 1 aliphatic heterocycles. The SMILES string of the molecule is CCCCCCCCOC(=O)CC(COC(=O)CCCCCCCC)CC(=O)OC1CC(COC(=O)CC(C)COC(=O)CCCCCCCC)N(C(C)=O)C1. The summed E-state index contributed by atoms with van der Waals surface area (Å²) in [5.74, 6) is -3.19. The standard InChI is InChI=1S/C44H77NO11/c1-6-9-12-15-18-21-24-40(47)53-32-35(4)27-42(49)55-34-38-30-39(31-45(38)36(5)46)56-44(51)29-37(28-43(50)52-26-23-20-17-14-11-8-3)33-54-41(48)25-22-19-16-13-10-7-2/h35,37-39H,6-34H2,1-5H3. The maximum Gasteiger partial charge on any atom is 0.306 e. The summed E-state index contributed by atoms with van der Waals surface area (Å²) in [7, 11) is 0. The van der Waals surface area contributed by atoms with Crippen LogP contribution in [-0.4, -0.2) is 85.8 Å². The van der Waals surface area contributed by atoms with Crippen molar-refractivity contribution < 1.29 is 52.5 Å². The Morgan fingerprint density at radius 2 is 1.04 bits per heavy atom. The smallest absolute Gasteiger partial charge is 0.306 e. The van der Waals surface area contributed by atoms with E-state index in [9.17, 15) is 28.8 Å². The number of carbonyl (C=O) groups excluding carboxylic acids is 6. The van der Waals surface area contributed by atoms with Crippen molar-refractivity contribution in [2.45, 2.75) is 201 Å². The first-order chi connectivity index (χ1) is 27.0. The van der Waals surface area contributed by atoms with E-state index in [-0.39, 0.29) is 82.2 Å². The summed E-state index contributed by atoms with van der Waals surface area (Å²) >= 11 is 0. The highest BCUT2D eigenvalue weighted by atomic mass is 16.6. The van der Waals surface area contributed by atoms with Gasteiger partial charge in [-0.1, -0.05) is 124 Å². The number of hydrogen-bond donors (Lipinski definition) is 0. The molecule has 4 unspecified atom stereocenters. The van der Waals surface area contributed by atoms with Crippen LogP contribution in [0, 0.1) is 11.8 Å². The monoisotopic (exact) mass is 796 g/mol. The third kappa shape index (κ3) is 26.6. The Kier molecular flexibility index (Phi) is 29.8. The van der Waals surface area contributed by atoms with Crippen molar-refractivity contribution in [3.8, 4) is 0 Å². The Hall–Kier alpha value is -3.18. The molecule has 1 heterocycles. The molecule has 0 aromatic carbocycles. The first-order valence-electron chi connectivity index (χ1n) is 22.1. The third-order valence-electron chi connectivity index (χ3n) is 10.2. The van der Waals surface area contributed by atoms with Gasteiger partial charge in [-0.2, -0.15) is 0 Å². The third-order valence-corrected chi connectivity index (χ3v) is 10.2. The lowest BCUT2D eigenvalue weighted by Crippen LogP contribution is -2.37. The number of rotatable bonds is 34. The normalized spacial score (nSPS) is 16.2. The van der Waals surface area contributed by atoms with E-state index in [1.54, 1.807) is 0 Å². The predicted molar refractivity (Wildman–Crippen MR) is 215 cm³/mol. The molecule has 12 heteroatoms. The second-order valence-corrected chi connectivity index (χ2v) is 15.8. The molecule has 0 bridgehead atoms. The Morgan fingerprint density at radius 3 is 1.59 bits per heavy atom. The molecule has 0 radical (unpaired) electrons. The van der Waals surface area contributed by atoms with Crippen molar-refractivity contribution in [2.24, 2.45) is 11.8 Å². The lowest BCUT2D eigenvalue weighted by atomic mass is 10.0. The highest BCUT2D eigenvalue weighted by Crippen LogP contribution is 2.23. The van der Waals surface area contributed by atoms with E-state index in [0.29, 0.717) is 13.0 Å². The van der Waals surface area contributed by atoms with Crippen molar-refractivity contribution in [1.82, 2.24) is 4.90 Å². The van der Waals surface area contributed by atoms with Gasteiger partial charge in [0.2, 0.25) is 5.91 Å². The second kappa shape index (κ2) is 32.9. The number of carbonyl (C=O) groups is 6. The van der Waals surface area contributed by atoms with Gasteiger partial charge < -0.3 is 28.6 Å². The molecule has 1 rings (SSSR count). The zero-order valence-electron chi connectivity index (χ0n) is 35.8. The van der Waals surface area contributed by atoms with Crippen molar-refractivity contribution in [2.75, 3.05) is 33.0 Å². The van der Waals surface area contributed by atoms with Crippen LogP contribution in [0.4, 0.5) is 0 Å². The summed E-state index contributed by atoms with van der Waals surface area (Å²) < 4.78 is 27.6. The molecule has 56 heavy (non-hydrogen) atoms. The molecule has 0 spiro atoms. The van der Waals surface area contributed by atoms with Gasteiger partial charge in [-0.3, -0.25) is 28.8 Å². The maximum atomic E-state index is 13.2. The summed E-state index contributed by atoms with van der Waals surface area (Å²) in [6.45, 7) is 10.1. The lowest BCUT2D eigenvalue weighted by molar-refractivity contribution is -0.155. The topological polar surface area (TPSA) is 152 Å².